The molecule has 120 valence electrons. The average molecular weight is 310 g/mol. The Bertz CT molecular complexity index is 617. The van der Waals surface area contributed by atoms with Crippen molar-refractivity contribution in [2.75, 3.05) is 19.6 Å². The molecule has 2 amide bonds. The van der Waals surface area contributed by atoms with Crippen LogP contribution in [0.2, 0.25) is 0 Å². The first-order valence-electron chi connectivity index (χ1n) is 8.12. The maximum atomic E-state index is 12.2. The minimum atomic E-state index is 0.0441. The van der Waals surface area contributed by atoms with E-state index in [9.17, 15) is 4.79 Å². The number of hydrogen-bond acceptors (Lipinski definition) is 3. The smallest absolute Gasteiger partial charge is 0.317 e. The molecule has 0 aromatic carbocycles. The van der Waals surface area contributed by atoms with E-state index in [4.69, 9.17) is 0 Å². The summed E-state index contributed by atoms with van der Waals surface area (Å²) in [5.74, 6) is 0.531. The number of amides is 2. The van der Waals surface area contributed by atoms with Crippen molar-refractivity contribution in [3.8, 4) is 0 Å². The van der Waals surface area contributed by atoms with Gasteiger partial charge in [0.15, 0.2) is 0 Å². The summed E-state index contributed by atoms with van der Waals surface area (Å²) in [5, 5.41) is 3.00. The van der Waals surface area contributed by atoms with Gasteiger partial charge in [0, 0.05) is 44.4 Å². The number of carbonyl (C=O) groups excluding carboxylic acids is 1. The second kappa shape index (κ2) is 7.72. The van der Waals surface area contributed by atoms with E-state index >= 15 is 0 Å². The summed E-state index contributed by atoms with van der Waals surface area (Å²) in [5.41, 5.74) is 2.39. The summed E-state index contributed by atoms with van der Waals surface area (Å²) in [6.07, 6.45) is 10.2. The molecule has 5 nitrogen and oxygen atoms in total. The van der Waals surface area contributed by atoms with Crippen LogP contribution < -0.4 is 5.32 Å². The zero-order valence-electron chi connectivity index (χ0n) is 13.2. The summed E-state index contributed by atoms with van der Waals surface area (Å²) in [7, 11) is 0. The van der Waals surface area contributed by atoms with Crippen molar-refractivity contribution < 1.29 is 4.79 Å². The maximum Gasteiger partial charge on any atom is 0.317 e. The van der Waals surface area contributed by atoms with Gasteiger partial charge in [-0.25, -0.2) is 4.79 Å². The topological polar surface area (TPSA) is 58.1 Å². The molecule has 2 aromatic heterocycles. The van der Waals surface area contributed by atoms with E-state index in [1.807, 2.05) is 35.5 Å². The van der Waals surface area contributed by atoms with Crippen molar-refractivity contribution >= 4 is 6.03 Å². The lowest BCUT2D eigenvalue weighted by atomic mass is 10.0. The van der Waals surface area contributed by atoms with E-state index in [1.54, 1.807) is 12.4 Å². The largest absolute Gasteiger partial charge is 0.338 e. The molecule has 1 saturated heterocycles. The number of nitrogens with zero attached hydrogens (tertiary/aromatic N) is 3. The lowest BCUT2D eigenvalue weighted by Crippen LogP contribution is -2.39. The highest BCUT2D eigenvalue weighted by atomic mass is 16.2. The van der Waals surface area contributed by atoms with E-state index in [-0.39, 0.29) is 6.03 Å². The molecule has 3 rings (SSSR count). The molecule has 0 saturated carbocycles. The molecular formula is C18H22N4O. The maximum absolute atomic E-state index is 12.2. The number of aromatic nitrogens is 2. The SMILES string of the molecule is O=C(NCCc1cccnc1)N1CCC(Cc2cccnc2)C1. The molecule has 5 heteroatoms. The molecule has 1 aliphatic heterocycles. The first kappa shape index (κ1) is 15.5. The zero-order valence-corrected chi connectivity index (χ0v) is 13.2. The van der Waals surface area contributed by atoms with Crippen LogP contribution in [-0.2, 0) is 12.8 Å². The molecule has 3 heterocycles. The Balaban J connectivity index is 1.41. The minimum Gasteiger partial charge on any atom is -0.338 e. The van der Waals surface area contributed by atoms with Crippen LogP contribution >= 0.6 is 0 Å². The van der Waals surface area contributed by atoms with Crippen molar-refractivity contribution in [1.29, 1.82) is 0 Å². The van der Waals surface area contributed by atoms with Crippen molar-refractivity contribution in [2.24, 2.45) is 5.92 Å². The van der Waals surface area contributed by atoms with E-state index < -0.39 is 0 Å². The number of nitrogens with one attached hydrogen (secondary N) is 1. The second-order valence-electron chi connectivity index (χ2n) is 6.01. The lowest BCUT2D eigenvalue weighted by Gasteiger charge is -2.17. The van der Waals surface area contributed by atoms with Gasteiger partial charge in [-0.15, -0.1) is 0 Å². The quantitative estimate of drug-likeness (QED) is 0.922. The first-order valence-corrected chi connectivity index (χ1v) is 8.12. The van der Waals surface area contributed by atoms with Crippen LogP contribution in [0.4, 0.5) is 4.79 Å². The second-order valence-corrected chi connectivity index (χ2v) is 6.01. The number of urea groups is 1. The molecule has 0 radical (unpaired) electrons. The Morgan fingerprint density at radius 2 is 1.91 bits per heavy atom. The highest BCUT2D eigenvalue weighted by Crippen LogP contribution is 2.20. The fourth-order valence-electron chi connectivity index (χ4n) is 3.01. The van der Waals surface area contributed by atoms with Gasteiger partial charge in [0.2, 0.25) is 0 Å². The summed E-state index contributed by atoms with van der Waals surface area (Å²) in [4.78, 5) is 22.4. The Labute approximate surface area is 136 Å². The summed E-state index contributed by atoms with van der Waals surface area (Å²) in [6.45, 7) is 2.31. The molecule has 0 bridgehead atoms. The van der Waals surface area contributed by atoms with Crippen molar-refractivity contribution in [3.05, 3.63) is 60.2 Å². The molecule has 1 atom stereocenters. The molecule has 23 heavy (non-hydrogen) atoms. The molecule has 1 fully saturated rings. The van der Waals surface area contributed by atoms with Gasteiger partial charge in [0.05, 0.1) is 0 Å². The highest BCUT2D eigenvalue weighted by Gasteiger charge is 2.26. The van der Waals surface area contributed by atoms with E-state index in [0.29, 0.717) is 12.5 Å². The fourth-order valence-corrected chi connectivity index (χ4v) is 3.01. The first-order chi connectivity index (χ1) is 11.3. The number of carbonyl (C=O) groups is 1. The predicted octanol–water partition coefficient (Wildman–Crippen LogP) is 2.29. The van der Waals surface area contributed by atoms with E-state index in [2.05, 4.69) is 21.4 Å². The lowest BCUT2D eigenvalue weighted by molar-refractivity contribution is 0.207. The van der Waals surface area contributed by atoms with Gasteiger partial charge in [-0.2, -0.15) is 0 Å². The van der Waals surface area contributed by atoms with Gasteiger partial charge in [0.25, 0.3) is 0 Å². The number of pyridine rings is 2. The van der Waals surface area contributed by atoms with Crippen LogP contribution in [0.15, 0.2) is 49.1 Å². The van der Waals surface area contributed by atoms with Crippen molar-refractivity contribution in [2.45, 2.75) is 19.3 Å². The van der Waals surface area contributed by atoms with Gasteiger partial charge < -0.3 is 10.2 Å². The van der Waals surface area contributed by atoms with Crippen molar-refractivity contribution in [3.63, 3.8) is 0 Å². The van der Waals surface area contributed by atoms with E-state index in [0.717, 1.165) is 37.9 Å². The molecular weight excluding hydrogens is 288 g/mol. The normalized spacial score (nSPS) is 17.2. The Morgan fingerprint density at radius 1 is 1.17 bits per heavy atom. The average Bonchev–Trinajstić information content (AvgIpc) is 3.05. The molecule has 0 spiro atoms. The van der Waals surface area contributed by atoms with Crippen LogP contribution in [0, 0.1) is 5.92 Å². The summed E-state index contributed by atoms with van der Waals surface area (Å²) >= 11 is 0. The van der Waals surface area contributed by atoms with Gasteiger partial charge in [-0.1, -0.05) is 12.1 Å². The highest BCUT2D eigenvalue weighted by molar-refractivity contribution is 5.74. The van der Waals surface area contributed by atoms with Crippen LogP contribution in [0.3, 0.4) is 0 Å². The number of hydrogen-bond donors (Lipinski definition) is 1. The predicted molar refractivity (Wildman–Crippen MR) is 89.0 cm³/mol. The molecule has 0 aliphatic carbocycles. The fraction of sp³-hybridized carbons (Fsp3) is 0.389. The Kier molecular flexibility index (Phi) is 5.19. The van der Waals surface area contributed by atoms with Crippen LogP contribution in [-0.4, -0.2) is 40.5 Å². The Hall–Kier alpha value is -2.43. The monoisotopic (exact) mass is 310 g/mol. The standard InChI is InChI=1S/C18H22N4O/c23-18(21-9-5-15-3-1-7-19-12-15)22-10-6-17(14-22)11-16-4-2-8-20-13-16/h1-4,7-8,12-13,17H,5-6,9-11,14H2,(H,21,23). The van der Waals surface area contributed by atoms with Crippen LogP contribution in [0.1, 0.15) is 17.5 Å². The summed E-state index contributed by atoms with van der Waals surface area (Å²) in [6, 6.07) is 8.05. The summed E-state index contributed by atoms with van der Waals surface area (Å²) < 4.78 is 0. The third kappa shape index (κ3) is 4.52. The van der Waals surface area contributed by atoms with Crippen LogP contribution in [0.25, 0.3) is 0 Å². The van der Waals surface area contributed by atoms with E-state index in [1.165, 1.54) is 5.56 Å². The van der Waals surface area contributed by atoms with Crippen molar-refractivity contribution in [1.82, 2.24) is 20.2 Å². The number of rotatable bonds is 5. The molecule has 1 unspecified atom stereocenters. The Morgan fingerprint density at radius 3 is 2.61 bits per heavy atom. The van der Waals surface area contributed by atoms with Crippen LogP contribution in [0.5, 0.6) is 0 Å². The van der Waals surface area contributed by atoms with Gasteiger partial charge in [-0.3, -0.25) is 9.97 Å². The molecule has 1 N–H and O–H groups in total. The molecule has 1 aliphatic rings. The van der Waals surface area contributed by atoms with Gasteiger partial charge >= 0.3 is 6.03 Å². The number of likely N-dealkylation sites (tertiary alicyclic amines) is 1. The third-order valence-electron chi connectivity index (χ3n) is 4.23. The third-order valence-corrected chi connectivity index (χ3v) is 4.23. The van der Waals surface area contributed by atoms with Gasteiger partial charge in [-0.05, 0) is 48.4 Å². The van der Waals surface area contributed by atoms with Gasteiger partial charge in [0.1, 0.15) is 0 Å². The minimum absolute atomic E-state index is 0.0441. The molecule has 2 aromatic rings. The zero-order chi connectivity index (χ0) is 15.9.